The fourth-order valence-corrected chi connectivity index (χ4v) is 2.07. The number of halogens is 1. The van der Waals surface area contributed by atoms with Crippen molar-refractivity contribution in [1.82, 2.24) is 10.3 Å². The van der Waals surface area contributed by atoms with Crippen molar-refractivity contribution >= 4 is 23.3 Å². The van der Waals surface area contributed by atoms with Crippen LogP contribution in [0.5, 0.6) is 0 Å². The van der Waals surface area contributed by atoms with Crippen molar-refractivity contribution in [2.45, 2.75) is 26.7 Å². The Morgan fingerprint density at radius 2 is 1.90 bits per heavy atom. The largest absolute Gasteiger partial charge is 0.306 e. The maximum atomic E-state index is 12.1. The van der Waals surface area contributed by atoms with E-state index in [2.05, 4.69) is 15.6 Å². The number of nitrogens with zero attached hydrogens (tertiary/aromatic N) is 2. The van der Waals surface area contributed by atoms with E-state index < -0.39 is 0 Å². The van der Waals surface area contributed by atoms with Gasteiger partial charge in [0.1, 0.15) is 0 Å². The lowest BCUT2D eigenvalue weighted by Crippen LogP contribution is -2.22. The van der Waals surface area contributed by atoms with E-state index in [0.717, 1.165) is 18.4 Å². The van der Waals surface area contributed by atoms with Crippen LogP contribution < -0.4 is 5.32 Å². The lowest BCUT2D eigenvalue weighted by molar-refractivity contribution is -0.120. The van der Waals surface area contributed by atoms with Gasteiger partial charge in [-0.05, 0) is 35.3 Å². The summed E-state index contributed by atoms with van der Waals surface area (Å²) < 4.78 is 4.73. The molecule has 0 saturated heterocycles. The van der Waals surface area contributed by atoms with E-state index in [0.29, 0.717) is 16.5 Å². The van der Waals surface area contributed by atoms with Gasteiger partial charge in [-0.15, -0.1) is 0 Å². The van der Waals surface area contributed by atoms with E-state index in [1.807, 2.05) is 13.8 Å². The van der Waals surface area contributed by atoms with Gasteiger partial charge in [-0.25, -0.2) is 4.63 Å². The fraction of sp³-hybridized carbons (Fsp3) is 0.357. The highest BCUT2D eigenvalue weighted by Crippen LogP contribution is 2.26. The Bertz CT molecular complexity index is 576. The minimum Gasteiger partial charge on any atom is -0.306 e. The van der Waals surface area contributed by atoms with Gasteiger partial charge >= 0.3 is 0 Å². The van der Waals surface area contributed by atoms with Crippen LogP contribution in [0, 0.1) is 5.92 Å². The van der Waals surface area contributed by atoms with Crippen LogP contribution in [0.1, 0.15) is 26.7 Å². The number of hydrogen-bond donors (Lipinski definition) is 1. The van der Waals surface area contributed by atoms with Crippen LogP contribution in [0.4, 0.5) is 5.82 Å². The summed E-state index contributed by atoms with van der Waals surface area (Å²) in [7, 11) is 0. The summed E-state index contributed by atoms with van der Waals surface area (Å²) in [6.07, 6.45) is 1.56. The molecular weight excluding hydrogens is 278 g/mol. The number of nitrogens with one attached hydrogen (secondary N) is 1. The van der Waals surface area contributed by atoms with Gasteiger partial charge in [0.2, 0.25) is 11.7 Å². The fourth-order valence-electron chi connectivity index (χ4n) is 1.95. The molecule has 0 spiro atoms. The summed E-state index contributed by atoms with van der Waals surface area (Å²) in [6.45, 7) is 3.96. The van der Waals surface area contributed by atoms with Gasteiger partial charge in [0.05, 0.1) is 0 Å². The molecule has 0 fully saturated rings. The number of benzene rings is 1. The summed E-state index contributed by atoms with van der Waals surface area (Å²) in [5, 5.41) is 11.0. The van der Waals surface area contributed by atoms with E-state index in [1.54, 1.807) is 24.3 Å². The van der Waals surface area contributed by atoms with Crippen molar-refractivity contribution < 1.29 is 9.42 Å². The topological polar surface area (TPSA) is 68.0 Å². The van der Waals surface area contributed by atoms with E-state index in [4.69, 9.17) is 16.2 Å². The normalized spacial score (nSPS) is 10.8. The molecule has 6 heteroatoms. The van der Waals surface area contributed by atoms with Gasteiger partial charge in [0, 0.05) is 16.5 Å². The maximum Gasteiger partial charge on any atom is 0.228 e. The van der Waals surface area contributed by atoms with E-state index in [9.17, 15) is 4.79 Å². The Morgan fingerprint density at radius 3 is 2.50 bits per heavy atom. The molecule has 0 aliphatic rings. The zero-order valence-electron chi connectivity index (χ0n) is 11.4. The minimum atomic E-state index is -0.0686. The van der Waals surface area contributed by atoms with E-state index in [1.165, 1.54) is 0 Å². The SMILES string of the molecule is CCC(CC)C(=O)Nc1nonc1-c1ccc(Cl)cc1. The molecular formula is C14H16ClN3O2. The molecule has 1 N–H and O–H groups in total. The summed E-state index contributed by atoms with van der Waals surface area (Å²) in [6, 6.07) is 7.10. The second-order valence-electron chi connectivity index (χ2n) is 4.47. The number of carbonyl (C=O) groups is 1. The molecule has 1 amide bonds. The Kier molecular flexibility index (Phi) is 4.74. The molecule has 0 radical (unpaired) electrons. The van der Waals surface area contributed by atoms with Crippen molar-refractivity contribution in [3.8, 4) is 11.3 Å². The number of anilines is 1. The second-order valence-corrected chi connectivity index (χ2v) is 4.91. The second kappa shape index (κ2) is 6.52. The van der Waals surface area contributed by atoms with Crippen molar-refractivity contribution in [2.75, 3.05) is 5.32 Å². The molecule has 1 aromatic carbocycles. The van der Waals surface area contributed by atoms with Crippen LogP contribution in [-0.2, 0) is 4.79 Å². The molecule has 1 heterocycles. The molecule has 2 aromatic rings. The average Bonchev–Trinajstić information content (AvgIpc) is 2.89. The maximum absolute atomic E-state index is 12.1. The van der Waals surface area contributed by atoms with Gasteiger partial charge < -0.3 is 5.32 Å². The highest BCUT2D eigenvalue weighted by Gasteiger charge is 2.19. The van der Waals surface area contributed by atoms with Crippen LogP contribution in [0.15, 0.2) is 28.9 Å². The molecule has 0 atom stereocenters. The van der Waals surface area contributed by atoms with Gasteiger partial charge in [0.25, 0.3) is 0 Å². The number of hydrogen-bond acceptors (Lipinski definition) is 4. The van der Waals surface area contributed by atoms with Crippen LogP contribution in [0.2, 0.25) is 5.02 Å². The number of carbonyl (C=O) groups excluding carboxylic acids is 1. The Balaban J connectivity index is 2.21. The number of amides is 1. The monoisotopic (exact) mass is 293 g/mol. The standard InChI is InChI=1S/C14H16ClN3O2/c1-3-9(4-2)14(19)16-13-12(17-20-18-13)10-5-7-11(15)8-6-10/h5-9H,3-4H2,1-2H3,(H,16,18,19). The minimum absolute atomic E-state index is 0.0373. The first-order valence-electron chi connectivity index (χ1n) is 6.55. The van der Waals surface area contributed by atoms with Crippen molar-refractivity contribution in [3.05, 3.63) is 29.3 Å². The number of rotatable bonds is 5. The Hall–Kier alpha value is -1.88. The van der Waals surface area contributed by atoms with Crippen molar-refractivity contribution in [2.24, 2.45) is 5.92 Å². The van der Waals surface area contributed by atoms with Gasteiger partial charge in [-0.3, -0.25) is 4.79 Å². The predicted molar refractivity (Wildman–Crippen MR) is 77.4 cm³/mol. The molecule has 0 aliphatic heterocycles. The van der Waals surface area contributed by atoms with Gasteiger partial charge in [0.15, 0.2) is 5.69 Å². The Morgan fingerprint density at radius 1 is 1.25 bits per heavy atom. The highest BCUT2D eigenvalue weighted by molar-refractivity contribution is 6.30. The molecule has 2 rings (SSSR count). The molecule has 0 bridgehead atoms. The van der Waals surface area contributed by atoms with E-state index >= 15 is 0 Å². The first kappa shape index (κ1) is 14.5. The lowest BCUT2D eigenvalue weighted by atomic mass is 10.0. The summed E-state index contributed by atoms with van der Waals surface area (Å²) in [5.41, 5.74) is 1.29. The highest BCUT2D eigenvalue weighted by atomic mass is 35.5. The van der Waals surface area contributed by atoms with Gasteiger partial charge in [-0.2, -0.15) is 0 Å². The molecule has 5 nitrogen and oxygen atoms in total. The first-order chi connectivity index (χ1) is 9.65. The van der Waals surface area contributed by atoms with E-state index in [-0.39, 0.29) is 11.8 Å². The molecule has 0 aliphatic carbocycles. The molecule has 20 heavy (non-hydrogen) atoms. The third-order valence-electron chi connectivity index (χ3n) is 3.20. The van der Waals surface area contributed by atoms with Crippen LogP contribution in [-0.4, -0.2) is 16.2 Å². The third-order valence-corrected chi connectivity index (χ3v) is 3.46. The zero-order valence-corrected chi connectivity index (χ0v) is 12.1. The molecule has 0 saturated carbocycles. The molecule has 106 valence electrons. The van der Waals surface area contributed by atoms with Gasteiger partial charge in [-0.1, -0.05) is 37.6 Å². The van der Waals surface area contributed by atoms with Crippen LogP contribution in [0.3, 0.4) is 0 Å². The molecule has 0 unspecified atom stereocenters. The lowest BCUT2D eigenvalue weighted by Gasteiger charge is -2.11. The predicted octanol–water partition coefficient (Wildman–Crippen LogP) is 3.76. The third kappa shape index (κ3) is 3.17. The summed E-state index contributed by atoms with van der Waals surface area (Å²) >= 11 is 5.85. The molecule has 1 aromatic heterocycles. The average molecular weight is 294 g/mol. The summed E-state index contributed by atoms with van der Waals surface area (Å²) in [4.78, 5) is 12.1. The zero-order chi connectivity index (χ0) is 14.5. The van der Waals surface area contributed by atoms with Crippen LogP contribution in [0.25, 0.3) is 11.3 Å². The van der Waals surface area contributed by atoms with Crippen molar-refractivity contribution in [1.29, 1.82) is 0 Å². The van der Waals surface area contributed by atoms with Crippen LogP contribution >= 0.6 is 11.6 Å². The summed E-state index contributed by atoms with van der Waals surface area (Å²) in [5.74, 6) is 0.231. The van der Waals surface area contributed by atoms with Crippen molar-refractivity contribution in [3.63, 3.8) is 0 Å². The quantitative estimate of drug-likeness (QED) is 0.911. The smallest absolute Gasteiger partial charge is 0.228 e. The number of aromatic nitrogens is 2. The first-order valence-corrected chi connectivity index (χ1v) is 6.92. The Labute approximate surface area is 122 Å².